The molecule has 21 heavy (non-hydrogen) atoms. The van der Waals surface area contributed by atoms with E-state index in [1.54, 1.807) is 6.20 Å². The van der Waals surface area contributed by atoms with Crippen LogP contribution in [0.3, 0.4) is 0 Å². The topological polar surface area (TPSA) is 90.0 Å². The first-order chi connectivity index (χ1) is 10.2. The van der Waals surface area contributed by atoms with Crippen molar-refractivity contribution in [3.8, 4) is 0 Å². The number of carbonyl (C=O) groups excluding carboxylic acids is 1. The maximum Gasteiger partial charge on any atom is 0.243 e. The third-order valence-electron chi connectivity index (χ3n) is 3.61. The van der Waals surface area contributed by atoms with Crippen LogP contribution < -0.4 is 10.2 Å². The lowest BCUT2D eigenvalue weighted by Crippen LogP contribution is -2.53. The first kappa shape index (κ1) is 14.0. The lowest BCUT2D eigenvalue weighted by atomic mass is 10.2. The van der Waals surface area contributed by atoms with Crippen LogP contribution in [-0.2, 0) is 4.79 Å². The minimum atomic E-state index is -0.175. The van der Waals surface area contributed by atoms with Crippen molar-refractivity contribution in [2.24, 2.45) is 0 Å². The zero-order valence-electron chi connectivity index (χ0n) is 11.7. The highest BCUT2D eigenvalue weighted by Gasteiger charge is 2.26. The molecule has 1 atom stereocenters. The number of H-pyrrole nitrogens is 1. The second-order valence-corrected chi connectivity index (χ2v) is 5.73. The Morgan fingerprint density at radius 2 is 2.19 bits per heavy atom. The van der Waals surface area contributed by atoms with E-state index in [0.29, 0.717) is 5.13 Å². The summed E-state index contributed by atoms with van der Waals surface area (Å²) in [5.74, 6) is 0.771. The number of carbonyl (C=O) groups is 1. The van der Waals surface area contributed by atoms with E-state index < -0.39 is 0 Å². The molecule has 1 fully saturated rings. The van der Waals surface area contributed by atoms with Gasteiger partial charge in [-0.25, -0.2) is 10.1 Å². The van der Waals surface area contributed by atoms with Gasteiger partial charge in [0.25, 0.3) is 0 Å². The molecule has 1 unspecified atom stereocenters. The third kappa shape index (κ3) is 3.19. The van der Waals surface area contributed by atoms with Gasteiger partial charge in [-0.3, -0.25) is 9.69 Å². The highest BCUT2D eigenvalue weighted by atomic mass is 32.1. The summed E-state index contributed by atoms with van der Waals surface area (Å²) in [4.78, 5) is 24.7. The molecule has 112 valence electrons. The molecule has 1 aliphatic rings. The average Bonchev–Trinajstić information content (AvgIpc) is 3.20. The van der Waals surface area contributed by atoms with E-state index in [9.17, 15) is 4.79 Å². The fourth-order valence-electron chi connectivity index (χ4n) is 2.33. The molecule has 0 radical (unpaired) electrons. The molecule has 3 rings (SSSR count). The van der Waals surface area contributed by atoms with Crippen LogP contribution in [0.15, 0.2) is 17.9 Å². The average molecular weight is 307 g/mol. The third-order valence-corrected chi connectivity index (χ3v) is 4.29. The molecule has 2 N–H and O–H groups in total. The van der Waals surface area contributed by atoms with E-state index >= 15 is 0 Å². The predicted octanol–water partition coefficient (Wildman–Crippen LogP) is 0.410. The van der Waals surface area contributed by atoms with Crippen molar-refractivity contribution in [1.82, 2.24) is 25.1 Å². The van der Waals surface area contributed by atoms with Crippen LogP contribution in [0.4, 0.5) is 11.1 Å². The molecule has 0 spiro atoms. The number of anilines is 2. The molecule has 1 amide bonds. The highest BCUT2D eigenvalue weighted by molar-refractivity contribution is 7.13. The number of rotatable bonds is 4. The number of hydrogen-bond acceptors (Lipinski definition) is 7. The molecule has 2 aromatic rings. The van der Waals surface area contributed by atoms with E-state index in [2.05, 4.69) is 35.3 Å². The largest absolute Gasteiger partial charge is 0.339 e. The second kappa shape index (κ2) is 6.19. The minimum absolute atomic E-state index is 0.0157. The van der Waals surface area contributed by atoms with Gasteiger partial charge in [-0.2, -0.15) is 10.1 Å². The fourth-order valence-corrected chi connectivity index (χ4v) is 2.87. The van der Waals surface area contributed by atoms with Gasteiger partial charge >= 0.3 is 0 Å². The maximum absolute atomic E-state index is 12.2. The van der Waals surface area contributed by atoms with Gasteiger partial charge < -0.3 is 10.2 Å². The van der Waals surface area contributed by atoms with Gasteiger partial charge in [-0.15, -0.1) is 11.3 Å². The molecule has 8 nitrogen and oxygen atoms in total. The lowest BCUT2D eigenvalue weighted by Gasteiger charge is -2.36. The van der Waals surface area contributed by atoms with E-state index in [0.717, 1.165) is 32.1 Å². The zero-order chi connectivity index (χ0) is 14.7. The summed E-state index contributed by atoms with van der Waals surface area (Å²) < 4.78 is 0. The maximum atomic E-state index is 12.2. The van der Waals surface area contributed by atoms with Gasteiger partial charge in [0.05, 0.1) is 6.04 Å². The van der Waals surface area contributed by atoms with Crippen LogP contribution in [0, 0.1) is 0 Å². The second-order valence-electron chi connectivity index (χ2n) is 4.83. The Balaban J connectivity index is 1.52. The van der Waals surface area contributed by atoms with Crippen LogP contribution in [0.5, 0.6) is 0 Å². The number of hydrogen-bond donors (Lipinski definition) is 2. The van der Waals surface area contributed by atoms with Crippen molar-refractivity contribution in [2.75, 3.05) is 36.4 Å². The number of aromatic amines is 1. The summed E-state index contributed by atoms with van der Waals surface area (Å²) in [7, 11) is 0. The number of piperazine rings is 1. The summed E-state index contributed by atoms with van der Waals surface area (Å²) in [6, 6.07) is -0.175. The number of nitrogens with one attached hydrogen (secondary N) is 2. The van der Waals surface area contributed by atoms with Crippen LogP contribution in [-0.4, -0.2) is 63.2 Å². The van der Waals surface area contributed by atoms with Gasteiger partial charge in [0.1, 0.15) is 6.33 Å². The first-order valence-electron chi connectivity index (χ1n) is 6.79. The number of amides is 1. The van der Waals surface area contributed by atoms with E-state index in [4.69, 9.17) is 0 Å². The van der Waals surface area contributed by atoms with Crippen molar-refractivity contribution in [1.29, 1.82) is 0 Å². The van der Waals surface area contributed by atoms with Crippen LogP contribution in [0.25, 0.3) is 0 Å². The summed E-state index contributed by atoms with van der Waals surface area (Å²) in [6.07, 6.45) is 3.19. The van der Waals surface area contributed by atoms with Crippen molar-refractivity contribution >= 4 is 28.3 Å². The quantitative estimate of drug-likeness (QED) is 0.850. The van der Waals surface area contributed by atoms with Gasteiger partial charge in [0.15, 0.2) is 5.13 Å². The van der Waals surface area contributed by atoms with Crippen LogP contribution in [0.1, 0.15) is 6.92 Å². The van der Waals surface area contributed by atoms with Crippen LogP contribution in [0.2, 0.25) is 0 Å². The van der Waals surface area contributed by atoms with Crippen molar-refractivity contribution < 1.29 is 4.79 Å². The molecule has 0 aromatic carbocycles. The van der Waals surface area contributed by atoms with Gasteiger partial charge in [-0.1, -0.05) is 0 Å². The van der Waals surface area contributed by atoms with Crippen molar-refractivity contribution in [2.45, 2.75) is 13.0 Å². The summed E-state index contributed by atoms with van der Waals surface area (Å²) >= 11 is 1.42. The molecule has 1 aliphatic heterocycles. The molecule has 9 heteroatoms. The summed E-state index contributed by atoms with van der Waals surface area (Å²) in [5.41, 5.74) is 0. The Bertz CT molecular complexity index is 562. The lowest BCUT2D eigenvalue weighted by molar-refractivity contribution is -0.120. The number of aromatic nitrogens is 4. The Morgan fingerprint density at radius 1 is 1.38 bits per heavy atom. The molecule has 0 bridgehead atoms. The molecule has 0 saturated carbocycles. The normalized spacial score (nSPS) is 17.7. The van der Waals surface area contributed by atoms with E-state index in [-0.39, 0.29) is 11.9 Å². The predicted molar refractivity (Wildman–Crippen MR) is 80.4 cm³/mol. The smallest absolute Gasteiger partial charge is 0.243 e. The summed E-state index contributed by atoms with van der Waals surface area (Å²) in [5, 5.41) is 12.1. The standard InChI is InChI=1S/C12H17N7OS/c1-9(10(20)16-12-13-2-7-21-12)18-3-5-19(6-4-18)11-14-8-15-17-11/h2,7-9H,3-6H2,1H3,(H,13,16,20)(H,14,15,17). The Morgan fingerprint density at radius 3 is 2.81 bits per heavy atom. The van der Waals surface area contributed by atoms with Crippen molar-refractivity contribution in [3.63, 3.8) is 0 Å². The van der Waals surface area contributed by atoms with Crippen molar-refractivity contribution in [3.05, 3.63) is 17.9 Å². The number of thiazole rings is 1. The minimum Gasteiger partial charge on any atom is -0.339 e. The zero-order valence-corrected chi connectivity index (χ0v) is 12.5. The molecule has 0 aliphatic carbocycles. The molecular formula is C12H17N7OS. The van der Waals surface area contributed by atoms with E-state index in [1.807, 2.05) is 12.3 Å². The van der Waals surface area contributed by atoms with Gasteiger partial charge in [0, 0.05) is 37.8 Å². The fraction of sp³-hybridized carbons (Fsp3) is 0.500. The first-order valence-corrected chi connectivity index (χ1v) is 7.67. The Labute approximate surface area is 126 Å². The highest BCUT2D eigenvalue weighted by Crippen LogP contribution is 2.14. The Hall–Kier alpha value is -2.00. The molecular weight excluding hydrogens is 290 g/mol. The molecule has 1 saturated heterocycles. The number of nitrogens with zero attached hydrogens (tertiary/aromatic N) is 5. The van der Waals surface area contributed by atoms with Gasteiger partial charge in [0.2, 0.25) is 11.9 Å². The molecule has 2 aromatic heterocycles. The SMILES string of the molecule is CC(C(=O)Nc1nccs1)N1CCN(c2ncn[nH]2)CC1. The Kier molecular flexibility index (Phi) is 4.11. The monoisotopic (exact) mass is 307 g/mol. The van der Waals surface area contributed by atoms with Crippen LogP contribution >= 0.6 is 11.3 Å². The van der Waals surface area contributed by atoms with E-state index in [1.165, 1.54) is 17.7 Å². The molecule has 3 heterocycles. The van der Waals surface area contributed by atoms with Gasteiger partial charge in [-0.05, 0) is 6.92 Å². The summed E-state index contributed by atoms with van der Waals surface area (Å²) in [6.45, 7) is 5.20.